The second-order valence-electron chi connectivity index (χ2n) is 6.78. The second-order valence-corrected chi connectivity index (χ2v) is 6.78. The van der Waals surface area contributed by atoms with Gasteiger partial charge in [0.15, 0.2) is 0 Å². The van der Waals surface area contributed by atoms with Crippen LogP contribution in [0.3, 0.4) is 0 Å². The monoisotopic (exact) mass is 342 g/mol. The third-order valence-electron chi connectivity index (χ3n) is 5.01. The summed E-state index contributed by atoms with van der Waals surface area (Å²) >= 11 is 0. The highest BCUT2D eigenvalue weighted by Crippen LogP contribution is 2.25. The number of ether oxygens (including phenoxy) is 1. The third kappa shape index (κ3) is 4.00. The van der Waals surface area contributed by atoms with Gasteiger partial charge in [-0.2, -0.15) is 0 Å². The number of aromatic nitrogens is 3. The summed E-state index contributed by atoms with van der Waals surface area (Å²) in [5.74, 6) is 2.25. The van der Waals surface area contributed by atoms with Gasteiger partial charge in [-0.3, -0.25) is 4.79 Å². The minimum atomic E-state index is 0.150. The number of nitrogens with zero attached hydrogens (tertiary/aromatic N) is 4. The molecular formula is C19H26N4O2. The van der Waals surface area contributed by atoms with Crippen molar-refractivity contribution in [3.8, 4) is 5.75 Å². The van der Waals surface area contributed by atoms with Crippen molar-refractivity contribution in [3.05, 3.63) is 41.5 Å². The Kier molecular flexibility index (Phi) is 5.36. The number of piperidine rings is 1. The SMILES string of the molecule is Cc1cccc(OCCC(=O)N2CCCC(c3nncn3C)C2)c1C. The third-order valence-corrected chi connectivity index (χ3v) is 5.01. The van der Waals surface area contributed by atoms with Crippen LogP contribution in [0.15, 0.2) is 24.5 Å². The molecule has 0 saturated carbocycles. The molecule has 25 heavy (non-hydrogen) atoms. The average molecular weight is 342 g/mol. The van der Waals surface area contributed by atoms with Crippen molar-refractivity contribution in [1.29, 1.82) is 0 Å². The summed E-state index contributed by atoms with van der Waals surface area (Å²) in [4.78, 5) is 14.5. The molecule has 0 radical (unpaired) electrons. The first kappa shape index (κ1) is 17.5. The molecule has 1 aliphatic rings. The standard InChI is InChI=1S/C19H26N4O2/c1-14-6-4-8-17(15(14)2)25-11-9-18(24)23-10-5-7-16(12-23)19-21-20-13-22(19)3/h4,6,8,13,16H,5,7,9-12H2,1-3H3. The summed E-state index contributed by atoms with van der Waals surface area (Å²) in [7, 11) is 1.95. The lowest BCUT2D eigenvalue weighted by Gasteiger charge is -2.32. The number of benzene rings is 1. The number of hydrogen-bond donors (Lipinski definition) is 0. The van der Waals surface area contributed by atoms with Gasteiger partial charge >= 0.3 is 0 Å². The van der Waals surface area contributed by atoms with E-state index in [0.717, 1.165) is 43.1 Å². The van der Waals surface area contributed by atoms with E-state index >= 15 is 0 Å². The lowest BCUT2D eigenvalue weighted by molar-refractivity contribution is -0.133. The summed E-state index contributed by atoms with van der Waals surface area (Å²) in [6, 6.07) is 6.00. The Morgan fingerprint density at radius 2 is 2.20 bits per heavy atom. The number of carbonyl (C=O) groups is 1. The topological polar surface area (TPSA) is 60.2 Å². The van der Waals surface area contributed by atoms with E-state index in [1.165, 1.54) is 5.56 Å². The number of aryl methyl sites for hydroxylation is 2. The van der Waals surface area contributed by atoms with Crippen LogP contribution in [0.25, 0.3) is 0 Å². The van der Waals surface area contributed by atoms with Gasteiger partial charge in [-0.15, -0.1) is 10.2 Å². The van der Waals surface area contributed by atoms with E-state index in [1.807, 2.05) is 35.6 Å². The Labute approximate surface area is 148 Å². The molecule has 6 heteroatoms. The maximum atomic E-state index is 12.5. The molecule has 134 valence electrons. The fourth-order valence-corrected chi connectivity index (χ4v) is 3.36. The van der Waals surface area contributed by atoms with Gasteiger partial charge in [0.25, 0.3) is 0 Å². The quantitative estimate of drug-likeness (QED) is 0.838. The van der Waals surface area contributed by atoms with Gasteiger partial charge in [-0.1, -0.05) is 12.1 Å². The zero-order chi connectivity index (χ0) is 17.8. The van der Waals surface area contributed by atoms with Gasteiger partial charge in [0.05, 0.1) is 13.0 Å². The number of amides is 1. The molecule has 1 aromatic heterocycles. The van der Waals surface area contributed by atoms with E-state index in [0.29, 0.717) is 13.0 Å². The van der Waals surface area contributed by atoms with Crippen LogP contribution in [0.5, 0.6) is 5.75 Å². The van der Waals surface area contributed by atoms with Gasteiger partial charge in [0, 0.05) is 26.1 Å². The normalized spacial score (nSPS) is 17.6. The van der Waals surface area contributed by atoms with Crippen molar-refractivity contribution < 1.29 is 9.53 Å². The second kappa shape index (κ2) is 7.68. The zero-order valence-corrected chi connectivity index (χ0v) is 15.2. The van der Waals surface area contributed by atoms with E-state index in [1.54, 1.807) is 6.33 Å². The highest BCUT2D eigenvalue weighted by atomic mass is 16.5. The molecule has 1 unspecified atom stereocenters. The number of rotatable bonds is 5. The van der Waals surface area contributed by atoms with E-state index < -0.39 is 0 Å². The Morgan fingerprint density at radius 1 is 1.36 bits per heavy atom. The van der Waals surface area contributed by atoms with Crippen LogP contribution < -0.4 is 4.74 Å². The minimum absolute atomic E-state index is 0.150. The lowest BCUT2D eigenvalue weighted by atomic mass is 9.97. The molecule has 1 atom stereocenters. The van der Waals surface area contributed by atoms with Crippen LogP contribution in [0.1, 0.15) is 42.1 Å². The molecule has 1 fully saturated rings. The molecule has 1 aliphatic heterocycles. The smallest absolute Gasteiger partial charge is 0.226 e. The van der Waals surface area contributed by atoms with Crippen molar-refractivity contribution in [2.45, 2.75) is 39.0 Å². The van der Waals surface area contributed by atoms with Crippen LogP contribution in [0, 0.1) is 13.8 Å². The molecule has 3 rings (SSSR count). The van der Waals surface area contributed by atoms with Gasteiger partial charge < -0.3 is 14.2 Å². The van der Waals surface area contributed by atoms with E-state index in [9.17, 15) is 4.79 Å². The fourth-order valence-electron chi connectivity index (χ4n) is 3.36. The van der Waals surface area contributed by atoms with Gasteiger partial charge in [0.2, 0.25) is 5.91 Å². The first-order valence-electron chi connectivity index (χ1n) is 8.87. The summed E-state index contributed by atoms with van der Waals surface area (Å²) in [6.45, 7) is 6.05. The predicted octanol–water partition coefficient (Wildman–Crippen LogP) is 2.61. The molecule has 2 aromatic rings. The summed E-state index contributed by atoms with van der Waals surface area (Å²) in [5.41, 5.74) is 2.33. The maximum absolute atomic E-state index is 12.5. The van der Waals surface area contributed by atoms with E-state index in [2.05, 4.69) is 23.2 Å². The molecule has 6 nitrogen and oxygen atoms in total. The molecule has 1 saturated heterocycles. The van der Waals surface area contributed by atoms with E-state index in [-0.39, 0.29) is 11.8 Å². The first-order chi connectivity index (χ1) is 12.1. The molecule has 0 N–H and O–H groups in total. The Morgan fingerprint density at radius 3 is 2.96 bits per heavy atom. The Hall–Kier alpha value is -2.37. The van der Waals surface area contributed by atoms with Crippen LogP contribution in [-0.4, -0.2) is 45.3 Å². The number of likely N-dealkylation sites (tertiary alicyclic amines) is 1. The van der Waals surface area contributed by atoms with Crippen LogP contribution in [0.2, 0.25) is 0 Å². The molecule has 0 aliphatic carbocycles. The first-order valence-corrected chi connectivity index (χ1v) is 8.87. The highest BCUT2D eigenvalue weighted by molar-refractivity contribution is 5.76. The molecular weight excluding hydrogens is 316 g/mol. The van der Waals surface area contributed by atoms with Crippen LogP contribution in [-0.2, 0) is 11.8 Å². The van der Waals surface area contributed by atoms with Crippen molar-refractivity contribution in [2.75, 3.05) is 19.7 Å². The summed E-state index contributed by atoms with van der Waals surface area (Å²) in [5, 5.41) is 8.16. The van der Waals surface area contributed by atoms with Crippen molar-refractivity contribution >= 4 is 5.91 Å². The molecule has 1 aromatic carbocycles. The largest absolute Gasteiger partial charge is 0.493 e. The van der Waals surface area contributed by atoms with Crippen LogP contribution >= 0.6 is 0 Å². The van der Waals surface area contributed by atoms with Crippen molar-refractivity contribution in [3.63, 3.8) is 0 Å². The molecule has 2 heterocycles. The number of carbonyl (C=O) groups excluding carboxylic acids is 1. The summed E-state index contributed by atoms with van der Waals surface area (Å²) < 4.78 is 7.77. The lowest BCUT2D eigenvalue weighted by Crippen LogP contribution is -2.40. The van der Waals surface area contributed by atoms with Crippen molar-refractivity contribution in [1.82, 2.24) is 19.7 Å². The maximum Gasteiger partial charge on any atom is 0.226 e. The summed E-state index contributed by atoms with van der Waals surface area (Å²) in [6.07, 6.45) is 4.17. The van der Waals surface area contributed by atoms with Gasteiger partial charge in [-0.25, -0.2) is 0 Å². The predicted molar refractivity (Wildman–Crippen MR) is 95.6 cm³/mol. The Bertz CT molecular complexity index is 741. The molecule has 0 bridgehead atoms. The van der Waals surface area contributed by atoms with Crippen LogP contribution in [0.4, 0.5) is 0 Å². The van der Waals surface area contributed by atoms with Crippen molar-refractivity contribution in [2.24, 2.45) is 7.05 Å². The average Bonchev–Trinajstić information content (AvgIpc) is 3.04. The van der Waals surface area contributed by atoms with Gasteiger partial charge in [-0.05, 0) is 43.9 Å². The van der Waals surface area contributed by atoms with Gasteiger partial charge in [0.1, 0.15) is 17.9 Å². The van der Waals surface area contributed by atoms with E-state index in [4.69, 9.17) is 4.74 Å². The highest BCUT2D eigenvalue weighted by Gasteiger charge is 2.27. The number of hydrogen-bond acceptors (Lipinski definition) is 4. The molecule has 1 amide bonds. The fraction of sp³-hybridized carbons (Fsp3) is 0.526. The molecule has 0 spiro atoms. The zero-order valence-electron chi connectivity index (χ0n) is 15.2. The Balaban J connectivity index is 1.53. The minimum Gasteiger partial charge on any atom is -0.493 e.